The van der Waals surface area contributed by atoms with Crippen LogP contribution in [0.15, 0.2) is 24.3 Å². The quantitative estimate of drug-likeness (QED) is 0.724. The molecule has 0 unspecified atom stereocenters. The molecule has 1 aromatic carbocycles. The minimum Gasteiger partial charge on any atom is -0.307 e. The Morgan fingerprint density at radius 1 is 1.00 bits per heavy atom. The zero-order chi connectivity index (χ0) is 10.1. The summed E-state index contributed by atoms with van der Waals surface area (Å²) in [5.74, 6) is 0. The third-order valence-electron chi connectivity index (χ3n) is 3.63. The molecule has 15 heavy (non-hydrogen) atoms. The zero-order valence-electron chi connectivity index (χ0n) is 9.21. The first kappa shape index (κ1) is 9.41. The molecule has 1 heteroatoms. The van der Waals surface area contributed by atoms with Crippen LogP contribution in [0, 0.1) is 0 Å². The number of aryl methyl sites for hydroxylation is 1. The van der Waals surface area contributed by atoms with Gasteiger partial charge in [-0.05, 0) is 43.2 Å². The van der Waals surface area contributed by atoms with E-state index in [2.05, 4.69) is 29.6 Å². The third kappa shape index (κ3) is 2.07. The van der Waals surface area contributed by atoms with E-state index in [1.807, 2.05) is 0 Å². The van der Waals surface area contributed by atoms with Gasteiger partial charge in [0.1, 0.15) is 0 Å². The summed E-state index contributed by atoms with van der Waals surface area (Å²) in [6.07, 6.45) is 8.11. The Morgan fingerprint density at radius 2 is 1.87 bits per heavy atom. The van der Waals surface area contributed by atoms with Gasteiger partial charge in [-0.1, -0.05) is 30.7 Å². The molecule has 1 saturated carbocycles. The van der Waals surface area contributed by atoms with E-state index in [-0.39, 0.29) is 0 Å². The lowest BCUT2D eigenvalue weighted by atomic mass is 9.99. The van der Waals surface area contributed by atoms with E-state index in [1.54, 1.807) is 11.1 Å². The molecule has 0 radical (unpaired) electrons. The maximum absolute atomic E-state index is 3.79. The summed E-state index contributed by atoms with van der Waals surface area (Å²) in [5.41, 5.74) is 3.15. The summed E-state index contributed by atoms with van der Waals surface area (Å²) in [5, 5.41) is 3.79. The number of rotatable bonds is 2. The third-order valence-corrected chi connectivity index (χ3v) is 3.63. The highest BCUT2D eigenvalue weighted by Gasteiger charge is 2.26. The van der Waals surface area contributed by atoms with Gasteiger partial charge in [-0.3, -0.25) is 0 Å². The first-order chi connectivity index (χ1) is 7.43. The van der Waals surface area contributed by atoms with Crippen molar-refractivity contribution in [3.8, 4) is 0 Å². The van der Waals surface area contributed by atoms with Crippen molar-refractivity contribution in [1.82, 2.24) is 5.32 Å². The fourth-order valence-corrected chi connectivity index (χ4v) is 2.63. The Balaban J connectivity index is 1.86. The summed E-state index contributed by atoms with van der Waals surface area (Å²) in [6.45, 7) is 0. The topological polar surface area (TPSA) is 12.0 Å². The van der Waals surface area contributed by atoms with Crippen LogP contribution in [0.4, 0.5) is 0 Å². The van der Waals surface area contributed by atoms with Crippen molar-refractivity contribution in [2.24, 2.45) is 0 Å². The molecule has 0 spiro atoms. The van der Waals surface area contributed by atoms with Gasteiger partial charge in [0.15, 0.2) is 0 Å². The first-order valence-electron chi connectivity index (χ1n) is 6.27. The van der Waals surface area contributed by atoms with E-state index in [0.717, 1.165) is 6.04 Å². The Bertz CT molecular complexity index is 341. The number of fused-ring (bicyclic) bond motifs is 1. The summed E-state index contributed by atoms with van der Waals surface area (Å²) in [6, 6.07) is 10.4. The van der Waals surface area contributed by atoms with E-state index in [4.69, 9.17) is 0 Å². The van der Waals surface area contributed by atoms with Crippen molar-refractivity contribution in [3.63, 3.8) is 0 Å². The molecule has 0 saturated heterocycles. The van der Waals surface area contributed by atoms with Gasteiger partial charge in [0.05, 0.1) is 0 Å². The molecule has 80 valence electrons. The van der Waals surface area contributed by atoms with Crippen molar-refractivity contribution in [3.05, 3.63) is 35.4 Å². The Hall–Kier alpha value is -0.820. The molecule has 1 N–H and O–H groups in total. The highest BCUT2D eigenvalue weighted by atomic mass is 15.0. The lowest BCUT2D eigenvalue weighted by Gasteiger charge is -2.19. The largest absolute Gasteiger partial charge is 0.307 e. The van der Waals surface area contributed by atoms with Crippen molar-refractivity contribution < 1.29 is 0 Å². The summed E-state index contributed by atoms with van der Waals surface area (Å²) in [7, 11) is 0. The summed E-state index contributed by atoms with van der Waals surface area (Å²) >= 11 is 0. The van der Waals surface area contributed by atoms with Gasteiger partial charge in [-0.2, -0.15) is 0 Å². The molecule has 0 heterocycles. The van der Waals surface area contributed by atoms with Crippen LogP contribution in [0.2, 0.25) is 0 Å². The van der Waals surface area contributed by atoms with Gasteiger partial charge < -0.3 is 5.32 Å². The zero-order valence-corrected chi connectivity index (χ0v) is 9.21. The van der Waals surface area contributed by atoms with Crippen molar-refractivity contribution >= 4 is 0 Å². The summed E-state index contributed by atoms with van der Waals surface area (Å²) in [4.78, 5) is 0. The molecule has 0 bridgehead atoms. The van der Waals surface area contributed by atoms with Crippen molar-refractivity contribution in [1.29, 1.82) is 0 Å². The van der Waals surface area contributed by atoms with Crippen LogP contribution in [0.5, 0.6) is 0 Å². The van der Waals surface area contributed by atoms with Gasteiger partial charge in [0.2, 0.25) is 0 Å². The normalized spacial score (nSPS) is 25.7. The second-order valence-electron chi connectivity index (χ2n) is 4.94. The minimum absolute atomic E-state index is 0.635. The van der Waals surface area contributed by atoms with Crippen LogP contribution >= 0.6 is 0 Å². The van der Waals surface area contributed by atoms with E-state index in [1.165, 1.54) is 38.5 Å². The number of hydrogen-bond acceptors (Lipinski definition) is 1. The molecule has 1 atom stereocenters. The monoisotopic (exact) mass is 201 g/mol. The maximum atomic E-state index is 3.79. The highest BCUT2D eigenvalue weighted by molar-refractivity contribution is 5.31. The number of benzene rings is 1. The van der Waals surface area contributed by atoms with E-state index in [9.17, 15) is 0 Å². The van der Waals surface area contributed by atoms with E-state index < -0.39 is 0 Å². The Morgan fingerprint density at radius 3 is 2.73 bits per heavy atom. The first-order valence-corrected chi connectivity index (χ1v) is 6.27. The molecule has 0 aromatic heterocycles. The smallest absolute Gasteiger partial charge is 0.0325 e. The minimum atomic E-state index is 0.635. The fraction of sp³-hybridized carbons (Fsp3) is 0.571. The second-order valence-corrected chi connectivity index (χ2v) is 4.94. The fourth-order valence-electron chi connectivity index (χ4n) is 2.63. The van der Waals surface area contributed by atoms with Gasteiger partial charge in [-0.25, -0.2) is 0 Å². The molecule has 0 aliphatic heterocycles. The number of hydrogen-bond donors (Lipinski definition) is 1. The maximum Gasteiger partial charge on any atom is 0.0325 e. The number of nitrogens with one attached hydrogen (secondary N) is 1. The SMILES string of the molecule is c1ccc2c(c1)CCCC[C@@H]2NC1CC1. The van der Waals surface area contributed by atoms with Gasteiger partial charge in [-0.15, -0.1) is 0 Å². The van der Waals surface area contributed by atoms with Crippen LogP contribution in [0.1, 0.15) is 49.3 Å². The van der Waals surface area contributed by atoms with Gasteiger partial charge in [0, 0.05) is 12.1 Å². The van der Waals surface area contributed by atoms with E-state index >= 15 is 0 Å². The Labute approximate surface area is 91.9 Å². The van der Waals surface area contributed by atoms with Crippen LogP contribution in [-0.4, -0.2) is 6.04 Å². The Kier molecular flexibility index (Phi) is 2.49. The van der Waals surface area contributed by atoms with Crippen LogP contribution < -0.4 is 5.32 Å². The molecular weight excluding hydrogens is 182 g/mol. The highest BCUT2D eigenvalue weighted by Crippen LogP contribution is 2.32. The molecule has 2 aliphatic carbocycles. The standard InChI is InChI=1S/C14H19N/c1-3-7-13-11(5-1)6-2-4-8-14(13)15-12-9-10-12/h1,3,5,7,12,14-15H,2,4,6,8-10H2/t14-/m0/s1. The molecular formula is C14H19N. The molecule has 1 aromatic rings. The lowest BCUT2D eigenvalue weighted by molar-refractivity contribution is 0.487. The average Bonchev–Trinajstić information content (AvgIpc) is 3.07. The van der Waals surface area contributed by atoms with Crippen LogP contribution in [0.3, 0.4) is 0 Å². The van der Waals surface area contributed by atoms with Crippen LogP contribution in [0.25, 0.3) is 0 Å². The van der Waals surface area contributed by atoms with Crippen molar-refractivity contribution in [2.75, 3.05) is 0 Å². The van der Waals surface area contributed by atoms with Gasteiger partial charge >= 0.3 is 0 Å². The summed E-state index contributed by atoms with van der Waals surface area (Å²) < 4.78 is 0. The van der Waals surface area contributed by atoms with E-state index in [0.29, 0.717) is 6.04 Å². The van der Waals surface area contributed by atoms with Crippen LogP contribution in [-0.2, 0) is 6.42 Å². The molecule has 0 amide bonds. The molecule has 1 fully saturated rings. The lowest BCUT2D eigenvalue weighted by Crippen LogP contribution is -2.23. The van der Waals surface area contributed by atoms with Crippen molar-refractivity contribution in [2.45, 2.75) is 50.6 Å². The second kappa shape index (κ2) is 3.97. The predicted molar refractivity (Wildman–Crippen MR) is 62.9 cm³/mol. The predicted octanol–water partition coefficient (Wildman–Crippen LogP) is 3.21. The van der Waals surface area contributed by atoms with Gasteiger partial charge in [0.25, 0.3) is 0 Å². The molecule has 2 aliphatic rings. The molecule has 1 nitrogen and oxygen atoms in total. The average molecular weight is 201 g/mol. The molecule has 3 rings (SSSR count).